The molecule has 1 atom stereocenters. The Bertz CT molecular complexity index is 493. The van der Waals surface area contributed by atoms with Crippen molar-refractivity contribution >= 4 is 29.9 Å². The molecule has 0 spiro atoms. The average Bonchev–Trinajstić information content (AvgIpc) is 3.08. The van der Waals surface area contributed by atoms with Crippen LogP contribution in [0.4, 0.5) is 0 Å². The summed E-state index contributed by atoms with van der Waals surface area (Å²) < 4.78 is 11.0. The van der Waals surface area contributed by atoms with Crippen LogP contribution in [0.15, 0.2) is 23.5 Å². The fourth-order valence-electron chi connectivity index (χ4n) is 2.49. The van der Waals surface area contributed by atoms with E-state index in [9.17, 15) is 0 Å². The second-order valence-corrected chi connectivity index (χ2v) is 5.69. The Balaban J connectivity index is 0.00000288. The van der Waals surface area contributed by atoms with Crippen molar-refractivity contribution in [2.45, 2.75) is 32.3 Å². The van der Waals surface area contributed by atoms with E-state index >= 15 is 0 Å². The van der Waals surface area contributed by atoms with E-state index in [4.69, 9.17) is 9.47 Å². The smallest absolute Gasteiger partial charge is 0.190 e. The zero-order valence-electron chi connectivity index (χ0n) is 14.6. The number of aromatic nitrogens is 1. The normalized spacial score (nSPS) is 17.4. The van der Waals surface area contributed by atoms with Crippen molar-refractivity contribution in [2.24, 2.45) is 4.99 Å². The highest BCUT2D eigenvalue weighted by atomic mass is 127. The lowest BCUT2D eigenvalue weighted by atomic mass is 10.1. The standard InChI is InChI=1S/C17H28N4O2.HI/c1-14-12-19-8-4-15(14)5-9-21-17(18-2)20-7-3-10-23-16-6-11-22-13-16;/h4,8,12,16H,3,5-7,9-11,13H2,1-2H3,(H2,18,20,21);1H. The van der Waals surface area contributed by atoms with Crippen LogP contribution >= 0.6 is 24.0 Å². The number of pyridine rings is 1. The largest absolute Gasteiger partial charge is 0.379 e. The van der Waals surface area contributed by atoms with Gasteiger partial charge in [-0.15, -0.1) is 24.0 Å². The molecule has 24 heavy (non-hydrogen) atoms. The lowest BCUT2D eigenvalue weighted by molar-refractivity contribution is 0.0420. The molecule has 0 saturated carbocycles. The van der Waals surface area contributed by atoms with Crippen LogP contribution in [0.2, 0.25) is 0 Å². The molecule has 2 N–H and O–H groups in total. The minimum Gasteiger partial charge on any atom is -0.379 e. The van der Waals surface area contributed by atoms with E-state index in [1.54, 1.807) is 7.05 Å². The van der Waals surface area contributed by atoms with Gasteiger partial charge in [0.25, 0.3) is 0 Å². The van der Waals surface area contributed by atoms with Crippen LogP contribution in [0.25, 0.3) is 0 Å². The maximum Gasteiger partial charge on any atom is 0.190 e. The summed E-state index contributed by atoms with van der Waals surface area (Å²) in [6, 6.07) is 2.07. The Labute approximate surface area is 161 Å². The van der Waals surface area contributed by atoms with Crippen LogP contribution < -0.4 is 10.6 Å². The van der Waals surface area contributed by atoms with Crippen LogP contribution in [0.3, 0.4) is 0 Å². The van der Waals surface area contributed by atoms with Crippen molar-refractivity contribution in [3.8, 4) is 0 Å². The Hall–Kier alpha value is -0.930. The van der Waals surface area contributed by atoms with E-state index in [2.05, 4.69) is 33.6 Å². The summed E-state index contributed by atoms with van der Waals surface area (Å²) in [6.45, 7) is 6.11. The van der Waals surface area contributed by atoms with E-state index in [-0.39, 0.29) is 30.1 Å². The molecular weight excluding hydrogens is 419 g/mol. The molecule has 0 bridgehead atoms. The molecule has 1 aliphatic heterocycles. The van der Waals surface area contributed by atoms with Crippen LogP contribution in [-0.4, -0.2) is 57.0 Å². The molecular formula is C17H29IN4O2. The fourth-order valence-corrected chi connectivity index (χ4v) is 2.49. The van der Waals surface area contributed by atoms with Crippen LogP contribution in [-0.2, 0) is 15.9 Å². The van der Waals surface area contributed by atoms with Gasteiger partial charge in [0.1, 0.15) is 0 Å². The number of aryl methyl sites for hydroxylation is 1. The molecule has 2 heterocycles. The van der Waals surface area contributed by atoms with Gasteiger partial charge in [-0.25, -0.2) is 0 Å². The third kappa shape index (κ3) is 7.76. The molecule has 1 fully saturated rings. The van der Waals surface area contributed by atoms with Crippen molar-refractivity contribution in [1.29, 1.82) is 0 Å². The number of aliphatic imine (C=N–C) groups is 1. The number of hydrogen-bond donors (Lipinski definition) is 2. The van der Waals surface area contributed by atoms with Crippen molar-refractivity contribution in [3.63, 3.8) is 0 Å². The molecule has 0 amide bonds. The zero-order chi connectivity index (χ0) is 16.3. The number of hydrogen-bond acceptors (Lipinski definition) is 4. The van der Waals surface area contributed by atoms with Gasteiger partial charge >= 0.3 is 0 Å². The zero-order valence-corrected chi connectivity index (χ0v) is 16.9. The molecule has 136 valence electrons. The molecule has 6 nitrogen and oxygen atoms in total. The van der Waals surface area contributed by atoms with Gasteiger partial charge in [-0.3, -0.25) is 9.98 Å². The van der Waals surface area contributed by atoms with Crippen LogP contribution in [0.5, 0.6) is 0 Å². The summed E-state index contributed by atoms with van der Waals surface area (Å²) in [5.74, 6) is 0.834. The third-order valence-corrected chi connectivity index (χ3v) is 3.90. The van der Waals surface area contributed by atoms with Gasteiger partial charge in [0, 0.05) is 45.7 Å². The summed E-state index contributed by atoms with van der Waals surface area (Å²) in [4.78, 5) is 8.35. The highest BCUT2D eigenvalue weighted by Gasteiger charge is 2.15. The van der Waals surface area contributed by atoms with Crippen molar-refractivity contribution in [3.05, 3.63) is 29.6 Å². The van der Waals surface area contributed by atoms with E-state index in [0.717, 1.165) is 58.1 Å². The number of rotatable bonds is 8. The van der Waals surface area contributed by atoms with Gasteiger partial charge in [-0.05, 0) is 43.4 Å². The van der Waals surface area contributed by atoms with Crippen LogP contribution in [0.1, 0.15) is 24.0 Å². The van der Waals surface area contributed by atoms with Gasteiger partial charge in [0.05, 0.1) is 12.7 Å². The van der Waals surface area contributed by atoms with Crippen molar-refractivity contribution < 1.29 is 9.47 Å². The molecule has 1 unspecified atom stereocenters. The number of ether oxygens (including phenoxy) is 2. The molecule has 0 aromatic carbocycles. The summed E-state index contributed by atoms with van der Waals surface area (Å²) in [6.07, 6.45) is 6.96. The predicted molar refractivity (Wildman–Crippen MR) is 107 cm³/mol. The first-order valence-corrected chi connectivity index (χ1v) is 8.33. The lowest BCUT2D eigenvalue weighted by Gasteiger charge is -2.13. The quantitative estimate of drug-likeness (QED) is 0.275. The van der Waals surface area contributed by atoms with Crippen LogP contribution in [0, 0.1) is 6.92 Å². The Kier molecular flexibility index (Phi) is 10.9. The van der Waals surface area contributed by atoms with Crippen molar-refractivity contribution in [2.75, 3.05) is 40.0 Å². The Morgan fingerprint density at radius 2 is 2.25 bits per heavy atom. The first-order chi connectivity index (χ1) is 11.3. The first kappa shape index (κ1) is 21.1. The van der Waals surface area contributed by atoms with Gasteiger partial charge in [0.2, 0.25) is 0 Å². The molecule has 1 aromatic rings. The van der Waals surface area contributed by atoms with E-state index < -0.39 is 0 Å². The summed E-state index contributed by atoms with van der Waals surface area (Å²) in [5.41, 5.74) is 2.54. The van der Waals surface area contributed by atoms with E-state index in [1.807, 2.05) is 12.4 Å². The Morgan fingerprint density at radius 3 is 2.96 bits per heavy atom. The van der Waals surface area contributed by atoms with Gasteiger partial charge in [0.15, 0.2) is 5.96 Å². The summed E-state index contributed by atoms with van der Waals surface area (Å²) >= 11 is 0. The molecule has 1 aromatic heterocycles. The summed E-state index contributed by atoms with van der Waals surface area (Å²) in [5, 5.41) is 6.65. The summed E-state index contributed by atoms with van der Waals surface area (Å²) in [7, 11) is 1.79. The number of halogens is 1. The lowest BCUT2D eigenvalue weighted by Crippen LogP contribution is -2.39. The molecule has 1 saturated heterocycles. The fraction of sp³-hybridized carbons (Fsp3) is 0.647. The Morgan fingerprint density at radius 1 is 1.42 bits per heavy atom. The average molecular weight is 448 g/mol. The second-order valence-electron chi connectivity index (χ2n) is 5.69. The van der Waals surface area contributed by atoms with Gasteiger partial charge in [-0.2, -0.15) is 0 Å². The molecule has 0 radical (unpaired) electrons. The number of guanidine groups is 1. The molecule has 0 aliphatic carbocycles. The maximum absolute atomic E-state index is 5.74. The molecule has 7 heteroatoms. The topological polar surface area (TPSA) is 67.8 Å². The van der Waals surface area contributed by atoms with E-state index in [1.165, 1.54) is 11.1 Å². The van der Waals surface area contributed by atoms with Gasteiger partial charge in [-0.1, -0.05) is 0 Å². The SMILES string of the molecule is CN=C(NCCCOC1CCOC1)NCCc1ccncc1C.I. The first-order valence-electron chi connectivity index (χ1n) is 8.33. The molecule has 1 aliphatic rings. The predicted octanol–water partition coefficient (Wildman–Crippen LogP) is 1.91. The second kappa shape index (κ2) is 12.4. The minimum atomic E-state index is 0. The maximum atomic E-state index is 5.74. The highest BCUT2D eigenvalue weighted by Crippen LogP contribution is 2.08. The number of nitrogens with zero attached hydrogens (tertiary/aromatic N) is 2. The van der Waals surface area contributed by atoms with Gasteiger partial charge < -0.3 is 20.1 Å². The third-order valence-electron chi connectivity index (χ3n) is 3.90. The number of nitrogens with one attached hydrogen (secondary N) is 2. The minimum absolute atomic E-state index is 0. The van der Waals surface area contributed by atoms with Crippen molar-refractivity contribution in [1.82, 2.24) is 15.6 Å². The molecule has 2 rings (SSSR count). The highest BCUT2D eigenvalue weighted by molar-refractivity contribution is 14.0. The van der Waals surface area contributed by atoms with E-state index in [0.29, 0.717) is 0 Å². The monoisotopic (exact) mass is 448 g/mol.